The normalized spacial score (nSPS) is 20.8. The van der Waals surface area contributed by atoms with Crippen LogP contribution in [0.15, 0.2) is 43.0 Å². The predicted molar refractivity (Wildman–Crippen MR) is 96.9 cm³/mol. The molecule has 4 rings (SSSR count). The number of aromatic nitrogens is 4. The fourth-order valence-electron chi connectivity index (χ4n) is 3.34. The SMILES string of the molecule is Nc1ncnc2c1ncn2CN1C[C@H](COCc2ccccc2)[C@@H](O)C1. The summed E-state index contributed by atoms with van der Waals surface area (Å²) in [5.74, 6) is 0.468. The number of nitrogens with two attached hydrogens (primary N) is 1. The topological polar surface area (TPSA) is 102 Å². The summed E-state index contributed by atoms with van der Waals surface area (Å²) < 4.78 is 7.72. The molecule has 3 aromatic rings. The van der Waals surface area contributed by atoms with Crippen molar-refractivity contribution in [3.63, 3.8) is 0 Å². The number of likely N-dealkylation sites (tertiary alicyclic amines) is 1. The van der Waals surface area contributed by atoms with Gasteiger partial charge in [-0.05, 0) is 5.56 Å². The Bertz CT molecular complexity index is 869. The van der Waals surface area contributed by atoms with Crippen molar-refractivity contribution in [3.05, 3.63) is 48.5 Å². The average molecular weight is 354 g/mol. The number of hydrogen-bond donors (Lipinski definition) is 2. The van der Waals surface area contributed by atoms with Crippen LogP contribution in [0.25, 0.3) is 11.2 Å². The van der Waals surface area contributed by atoms with E-state index in [1.807, 2.05) is 34.9 Å². The summed E-state index contributed by atoms with van der Waals surface area (Å²) in [6.45, 7) is 3.05. The van der Waals surface area contributed by atoms with Gasteiger partial charge in [-0.15, -0.1) is 0 Å². The van der Waals surface area contributed by atoms with E-state index in [-0.39, 0.29) is 5.92 Å². The van der Waals surface area contributed by atoms with E-state index in [1.54, 1.807) is 6.33 Å². The van der Waals surface area contributed by atoms with Gasteiger partial charge in [0.05, 0.1) is 32.3 Å². The Morgan fingerprint density at radius 1 is 1.15 bits per heavy atom. The Labute approximate surface area is 151 Å². The van der Waals surface area contributed by atoms with Crippen molar-refractivity contribution in [3.8, 4) is 0 Å². The second-order valence-corrected chi connectivity index (χ2v) is 6.65. The molecule has 0 radical (unpaired) electrons. The summed E-state index contributed by atoms with van der Waals surface area (Å²) >= 11 is 0. The number of benzene rings is 1. The molecule has 8 nitrogen and oxygen atoms in total. The first kappa shape index (κ1) is 16.9. The Kier molecular flexibility index (Phi) is 4.79. The van der Waals surface area contributed by atoms with Gasteiger partial charge in [-0.1, -0.05) is 30.3 Å². The zero-order valence-electron chi connectivity index (χ0n) is 14.4. The van der Waals surface area contributed by atoms with E-state index >= 15 is 0 Å². The van der Waals surface area contributed by atoms with Gasteiger partial charge in [-0.25, -0.2) is 15.0 Å². The number of fused-ring (bicyclic) bond motifs is 1. The van der Waals surface area contributed by atoms with Crippen LogP contribution in [0.5, 0.6) is 0 Å². The van der Waals surface area contributed by atoms with Crippen LogP contribution in [-0.2, 0) is 18.0 Å². The second kappa shape index (κ2) is 7.36. The Hall–Kier alpha value is -2.55. The number of nitrogens with zero attached hydrogens (tertiary/aromatic N) is 5. The maximum atomic E-state index is 10.4. The highest BCUT2D eigenvalue weighted by Gasteiger charge is 2.31. The first-order valence-electron chi connectivity index (χ1n) is 8.64. The highest BCUT2D eigenvalue weighted by molar-refractivity contribution is 5.80. The van der Waals surface area contributed by atoms with Crippen LogP contribution in [0.4, 0.5) is 5.82 Å². The molecule has 1 aromatic carbocycles. The minimum atomic E-state index is -0.403. The van der Waals surface area contributed by atoms with Gasteiger partial charge in [0.2, 0.25) is 0 Å². The maximum absolute atomic E-state index is 10.4. The number of ether oxygens (including phenoxy) is 1. The number of hydrogen-bond acceptors (Lipinski definition) is 7. The quantitative estimate of drug-likeness (QED) is 0.677. The third-order valence-electron chi connectivity index (χ3n) is 4.71. The van der Waals surface area contributed by atoms with E-state index in [9.17, 15) is 5.11 Å². The number of nitrogen functional groups attached to an aromatic ring is 1. The number of aliphatic hydroxyl groups is 1. The summed E-state index contributed by atoms with van der Waals surface area (Å²) in [4.78, 5) is 14.7. The third-order valence-corrected chi connectivity index (χ3v) is 4.71. The van der Waals surface area contributed by atoms with Gasteiger partial charge in [0, 0.05) is 19.0 Å². The standard InChI is InChI=1S/C18H22N6O2/c19-17-16-18(21-10-20-17)24(11-22-16)12-23-6-14(15(25)7-23)9-26-8-13-4-2-1-3-5-13/h1-5,10-11,14-15,25H,6-9,12H2,(H2,19,20,21)/t14-,15+/m1/s1. The van der Waals surface area contributed by atoms with Gasteiger partial charge in [-0.2, -0.15) is 0 Å². The van der Waals surface area contributed by atoms with Crippen LogP contribution < -0.4 is 5.73 Å². The van der Waals surface area contributed by atoms with Crippen LogP contribution >= 0.6 is 0 Å². The molecule has 136 valence electrons. The molecule has 0 saturated carbocycles. The molecule has 8 heteroatoms. The molecule has 3 N–H and O–H groups in total. The highest BCUT2D eigenvalue weighted by atomic mass is 16.5. The molecule has 3 heterocycles. The Balaban J connectivity index is 1.34. The van der Waals surface area contributed by atoms with E-state index in [1.165, 1.54) is 6.33 Å². The first-order valence-corrected chi connectivity index (χ1v) is 8.64. The van der Waals surface area contributed by atoms with Crippen molar-refractivity contribution < 1.29 is 9.84 Å². The molecule has 1 saturated heterocycles. The number of aliphatic hydroxyl groups excluding tert-OH is 1. The highest BCUT2D eigenvalue weighted by Crippen LogP contribution is 2.21. The van der Waals surface area contributed by atoms with Crippen molar-refractivity contribution in [1.29, 1.82) is 0 Å². The van der Waals surface area contributed by atoms with Crippen molar-refractivity contribution in [1.82, 2.24) is 24.4 Å². The van der Waals surface area contributed by atoms with Gasteiger partial charge in [0.25, 0.3) is 0 Å². The molecule has 2 atom stereocenters. The lowest BCUT2D eigenvalue weighted by Gasteiger charge is -2.16. The molecule has 1 fully saturated rings. The number of rotatable bonds is 6. The van der Waals surface area contributed by atoms with E-state index in [4.69, 9.17) is 10.5 Å². The molecule has 0 bridgehead atoms. The molecule has 0 spiro atoms. The molecule has 0 aliphatic carbocycles. The van der Waals surface area contributed by atoms with Crippen molar-refractivity contribution in [2.24, 2.45) is 5.92 Å². The van der Waals surface area contributed by atoms with E-state index < -0.39 is 6.10 Å². The van der Waals surface area contributed by atoms with Crippen LogP contribution in [0.3, 0.4) is 0 Å². The molecule has 0 unspecified atom stereocenters. The lowest BCUT2D eigenvalue weighted by atomic mass is 10.1. The summed E-state index contributed by atoms with van der Waals surface area (Å²) in [6.07, 6.45) is 2.75. The molecule has 26 heavy (non-hydrogen) atoms. The van der Waals surface area contributed by atoms with Gasteiger partial charge < -0.3 is 20.1 Å². The number of imidazole rings is 1. The van der Waals surface area contributed by atoms with Crippen LogP contribution in [0, 0.1) is 5.92 Å². The molecule has 2 aromatic heterocycles. The fraction of sp³-hybridized carbons (Fsp3) is 0.389. The summed E-state index contributed by atoms with van der Waals surface area (Å²) in [5, 5.41) is 10.4. The Morgan fingerprint density at radius 3 is 2.85 bits per heavy atom. The van der Waals surface area contributed by atoms with Crippen LogP contribution in [-0.4, -0.2) is 55.3 Å². The number of anilines is 1. The van der Waals surface area contributed by atoms with E-state index in [0.717, 1.165) is 12.1 Å². The summed E-state index contributed by atoms with van der Waals surface area (Å²) in [5.41, 5.74) is 8.28. The fourth-order valence-corrected chi connectivity index (χ4v) is 3.34. The van der Waals surface area contributed by atoms with Gasteiger partial charge in [0.15, 0.2) is 11.5 Å². The minimum Gasteiger partial charge on any atom is -0.391 e. The zero-order chi connectivity index (χ0) is 17.9. The summed E-state index contributed by atoms with van der Waals surface area (Å²) in [7, 11) is 0. The lowest BCUT2D eigenvalue weighted by Crippen LogP contribution is -2.25. The zero-order valence-corrected chi connectivity index (χ0v) is 14.4. The van der Waals surface area contributed by atoms with E-state index in [0.29, 0.717) is 43.4 Å². The molecular formula is C18H22N6O2. The molecule has 1 aliphatic heterocycles. The predicted octanol–water partition coefficient (Wildman–Crippen LogP) is 0.875. The lowest BCUT2D eigenvalue weighted by molar-refractivity contribution is 0.0448. The smallest absolute Gasteiger partial charge is 0.166 e. The molecular weight excluding hydrogens is 332 g/mol. The number of β-amino-alcohol motifs (C(OH)–C–C–N with tert-alkyl or cyclic N) is 1. The average Bonchev–Trinajstić information content (AvgIpc) is 3.21. The second-order valence-electron chi connectivity index (χ2n) is 6.65. The molecule has 0 amide bonds. The summed E-state index contributed by atoms with van der Waals surface area (Å²) in [6, 6.07) is 10.1. The minimum absolute atomic E-state index is 0.0909. The van der Waals surface area contributed by atoms with Crippen molar-refractivity contribution in [2.75, 3.05) is 25.4 Å². The van der Waals surface area contributed by atoms with Crippen LogP contribution in [0.2, 0.25) is 0 Å². The first-order chi connectivity index (χ1) is 12.7. The van der Waals surface area contributed by atoms with Crippen molar-refractivity contribution in [2.45, 2.75) is 19.4 Å². The monoisotopic (exact) mass is 354 g/mol. The largest absolute Gasteiger partial charge is 0.391 e. The van der Waals surface area contributed by atoms with Crippen LogP contribution in [0.1, 0.15) is 5.56 Å². The van der Waals surface area contributed by atoms with E-state index in [2.05, 4.69) is 19.9 Å². The van der Waals surface area contributed by atoms with Gasteiger partial charge in [0.1, 0.15) is 11.8 Å². The Morgan fingerprint density at radius 2 is 2.00 bits per heavy atom. The van der Waals surface area contributed by atoms with Gasteiger partial charge >= 0.3 is 0 Å². The maximum Gasteiger partial charge on any atom is 0.166 e. The van der Waals surface area contributed by atoms with Gasteiger partial charge in [-0.3, -0.25) is 4.90 Å². The molecule has 1 aliphatic rings. The third kappa shape index (κ3) is 3.52. The van der Waals surface area contributed by atoms with Crippen molar-refractivity contribution >= 4 is 17.0 Å².